The maximum atomic E-state index is 12.8. The van der Waals surface area contributed by atoms with Crippen LogP contribution in [0.3, 0.4) is 0 Å². The van der Waals surface area contributed by atoms with E-state index in [4.69, 9.17) is 9.47 Å². The number of imidazole rings is 1. The number of fused-ring (bicyclic) bond motifs is 1. The van der Waals surface area contributed by atoms with Crippen molar-refractivity contribution in [2.75, 3.05) is 19.5 Å². The van der Waals surface area contributed by atoms with Gasteiger partial charge in [0.05, 0.1) is 25.6 Å². The van der Waals surface area contributed by atoms with Crippen LogP contribution in [0.5, 0.6) is 17.2 Å². The molecule has 0 spiro atoms. The number of para-hydroxylation sites is 2. The molecule has 2 aromatic heterocycles. The Morgan fingerprint density at radius 3 is 2.45 bits per heavy atom. The maximum absolute atomic E-state index is 12.8. The number of anilines is 2. The quantitative estimate of drug-likeness (QED) is 0.461. The fourth-order valence-electron chi connectivity index (χ4n) is 3.06. The van der Waals surface area contributed by atoms with Crippen LogP contribution in [-0.2, 0) is 0 Å². The Morgan fingerprint density at radius 1 is 0.935 bits per heavy atom. The van der Waals surface area contributed by atoms with Gasteiger partial charge in [0.2, 0.25) is 5.95 Å². The number of nitrogens with one attached hydrogen (secondary N) is 1. The Bertz CT molecular complexity index is 1220. The number of alkyl halides is 3. The van der Waals surface area contributed by atoms with Gasteiger partial charge in [0, 0.05) is 24.0 Å². The highest BCUT2D eigenvalue weighted by molar-refractivity contribution is 5.71. The molecule has 0 aliphatic rings. The van der Waals surface area contributed by atoms with Gasteiger partial charge in [-0.05, 0) is 30.3 Å². The number of ether oxygens (including phenoxy) is 3. The Balaban J connectivity index is 1.78. The third-order valence-electron chi connectivity index (χ3n) is 4.43. The summed E-state index contributed by atoms with van der Waals surface area (Å²) in [5.74, 6) is 0.966. The fraction of sp³-hybridized carbons (Fsp3) is 0.143. The fourth-order valence-corrected chi connectivity index (χ4v) is 3.06. The van der Waals surface area contributed by atoms with Gasteiger partial charge in [-0.1, -0.05) is 12.1 Å². The normalized spacial score (nSPS) is 11.4. The zero-order valence-corrected chi connectivity index (χ0v) is 16.5. The van der Waals surface area contributed by atoms with Gasteiger partial charge in [-0.25, -0.2) is 9.97 Å². The topological polar surface area (TPSA) is 69.9 Å². The molecule has 2 heterocycles. The Hall–Kier alpha value is -3.95. The minimum Gasteiger partial charge on any atom is -0.493 e. The molecule has 10 heteroatoms. The molecule has 7 nitrogen and oxygen atoms in total. The third-order valence-corrected chi connectivity index (χ3v) is 4.43. The van der Waals surface area contributed by atoms with E-state index in [-0.39, 0.29) is 17.4 Å². The van der Waals surface area contributed by atoms with Crippen molar-refractivity contribution in [3.63, 3.8) is 0 Å². The van der Waals surface area contributed by atoms with E-state index < -0.39 is 6.36 Å². The summed E-state index contributed by atoms with van der Waals surface area (Å²) in [4.78, 5) is 8.87. The monoisotopic (exact) mass is 430 g/mol. The van der Waals surface area contributed by atoms with E-state index in [9.17, 15) is 13.2 Å². The molecule has 0 atom stereocenters. The SMILES string of the molecule is COc1ccc(-c2cc3nccn3c(Nc3ccccc3OC(F)(F)F)n2)cc1OC. The van der Waals surface area contributed by atoms with E-state index in [0.29, 0.717) is 28.4 Å². The number of methoxy groups -OCH3 is 2. The molecule has 2 aromatic carbocycles. The van der Waals surface area contributed by atoms with Crippen LogP contribution >= 0.6 is 0 Å². The molecule has 160 valence electrons. The van der Waals surface area contributed by atoms with E-state index in [1.54, 1.807) is 47.1 Å². The van der Waals surface area contributed by atoms with Crippen molar-refractivity contribution in [1.82, 2.24) is 14.4 Å². The number of halogens is 3. The summed E-state index contributed by atoms with van der Waals surface area (Å²) in [6, 6.07) is 12.8. The van der Waals surface area contributed by atoms with Crippen molar-refractivity contribution < 1.29 is 27.4 Å². The van der Waals surface area contributed by atoms with E-state index in [0.717, 1.165) is 0 Å². The smallest absolute Gasteiger partial charge is 0.493 e. The average molecular weight is 430 g/mol. The molecule has 0 aliphatic heterocycles. The van der Waals surface area contributed by atoms with Crippen molar-refractivity contribution in [3.8, 4) is 28.5 Å². The Kier molecular flexibility index (Phi) is 5.28. The first kappa shape index (κ1) is 20.3. The van der Waals surface area contributed by atoms with Gasteiger partial charge < -0.3 is 19.5 Å². The van der Waals surface area contributed by atoms with Crippen LogP contribution in [0.15, 0.2) is 60.9 Å². The highest BCUT2D eigenvalue weighted by atomic mass is 19.4. The minimum absolute atomic E-state index is 0.104. The van der Waals surface area contributed by atoms with Crippen molar-refractivity contribution >= 4 is 17.3 Å². The number of hydrogen-bond acceptors (Lipinski definition) is 6. The van der Waals surface area contributed by atoms with Crippen LogP contribution in [0, 0.1) is 0 Å². The van der Waals surface area contributed by atoms with Crippen LogP contribution in [0.2, 0.25) is 0 Å². The number of nitrogens with zero attached hydrogens (tertiary/aromatic N) is 3. The second-order valence-corrected chi connectivity index (χ2v) is 6.36. The summed E-state index contributed by atoms with van der Waals surface area (Å²) in [5.41, 5.74) is 1.91. The molecule has 0 radical (unpaired) electrons. The predicted molar refractivity (Wildman–Crippen MR) is 108 cm³/mol. The van der Waals surface area contributed by atoms with Crippen LogP contribution in [0.1, 0.15) is 0 Å². The van der Waals surface area contributed by atoms with E-state index in [2.05, 4.69) is 20.0 Å². The van der Waals surface area contributed by atoms with Gasteiger partial charge in [0.1, 0.15) is 5.65 Å². The summed E-state index contributed by atoms with van der Waals surface area (Å²) in [6.07, 6.45) is -1.61. The zero-order valence-electron chi connectivity index (χ0n) is 16.5. The molecule has 0 bridgehead atoms. The molecule has 4 rings (SSSR count). The highest BCUT2D eigenvalue weighted by Gasteiger charge is 2.32. The van der Waals surface area contributed by atoms with Gasteiger partial charge in [-0.3, -0.25) is 4.40 Å². The number of aromatic nitrogens is 3. The van der Waals surface area contributed by atoms with Crippen molar-refractivity contribution in [1.29, 1.82) is 0 Å². The van der Waals surface area contributed by atoms with Crippen LogP contribution in [0.25, 0.3) is 16.9 Å². The maximum Gasteiger partial charge on any atom is 0.573 e. The minimum atomic E-state index is -4.82. The lowest BCUT2D eigenvalue weighted by Gasteiger charge is -2.16. The van der Waals surface area contributed by atoms with Crippen molar-refractivity contribution in [2.24, 2.45) is 0 Å². The summed E-state index contributed by atoms with van der Waals surface area (Å²) in [6.45, 7) is 0. The molecule has 0 amide bonds. The molecule has 0 saturated carbocycles. The van der Waals surface area contributed by atoms with Crippen LogP contribution in [-0.4, -0.2) is 35.0 Å². The highest BCUT2D eigenvalue weighted by Crippen LogP contribution is 2.34. The molecule has 4 aromatic rings. The molecular weight excluding hydrogens is 413 g/mol. The van der Waals surface area contributed by atoms with Gasteiger partial charge in [-0.15, -0.1) is 13.2 Å². The zero-order chi connectivity index (χ0) is 22.0. The molecular formula is C21H17F3N4O3. The summed E-state index contributed by atoms with van der Waals surface area (Å²) < 4.78 is 54.7. The summed E-state index contributed by atoms with van der Waals surface area (Å²) in [7, 11) is 3.06. The van der Waals surface area contributed by atoms with E-state index >= 15 is 0 Å². The second kappa shape index (κ2) is 8.05. The number of rotatable bonds is 6. The third kappa shape index (κ3) is 4.32. The lowest BCUT2D eigenvalue weighted by atomic mass is 10.1. The van der Waals surface area contributed by atoms with Gasteiger partial charge in [0.15, 0.2) is 17.2 Å². The first-order valence-corrected chi connectivity index (χ1v) is 9.06. The van der Waals surface area contributed by atoms with Crippen LogP contribution < -0.4 is 19.5 Å². The van der Waals surface area contributed by atoms with Crippen molar-refractivity contribution in [2.45, 2.75) is 6.36 Å². The van der Waals surface area contributed by atoms with Gasteiger partial charge in [-0.2, -0.15) is 0 Å². The lowest BCUT2D eigenvalue weighted by molar-refractivity contribution is -0.274. The molecule has 0 fully saturated rings. The lowest BCUT2D eigenvalue weighted by Crippen LogP contribution is -2.18. The molecule has 1 N–H and O–H groups in total. The average Bonchev–Trinajstić information content (AvgIpc) is 3.22. The first-order chi connectivity index (χ1) is 14.9. The van der Waals surface area contributed by atoms with Gasteiger partial charge >= 0.3 is 6.36 Å². The Morgan fingerprint density at radius 2 is 1.71 bits per heavy atom. The standard InChI is InChI=1S/C21H17F3N4O3/c1-29-17-8-7-13(11-18(17)30-2)15-12-19-25-9-10-28(19)20(27-15)26-14-5-3-4-6-16(14)31-21(22,23)24/h3-12H,1-2H3,(H,26,27). The number of benzene rings is 2. The largest absolute Gasteiger partial charge is 0.573 e. The predicted octanol–water partition coefficient (Wildman–Crippen LogP) is 5.06. The molecule has 31 heavy (non-hydrogen) atoms. The van der Waals surface area contributed by atoms with E-state index in [1.807, 2.05) is 0 Å². The Labute approximate surface area is 175 Å². The van der Waals surface area contributed by atoms with Gasteiger partial charge in [0.25, 0.3) is 0 Å². The van der Waals surface area contributed by atoms with Crippen molar-refractivity contribution in [3.05, 3.63) is 60.9 Å². The molecule has 0 saturated heterocycles. The molecule has 0 unspecified atom stereocenters. The summed E-state index contributed by atoms with van der Waals surface area (Å²) >= 11 is 0. The first-order valence-electron chi connectivity index (χ1n) is 9.06. The number of hydrogen-bond donors (Lipinski definition) is 1. The molecule has 0 aliphatic carbocycles. The van der Waals surface area contributed by atoms with E-state index in [1.165, 1.54) is 32.4 Å². The second-order valence-electron chi connectivity index (χ2n) is 6.36. The van der Waals surface area contributed by atoms with Crippen LogP contribution in [0.4, 0.5) is 24.8 Å². The summed E-state index contributed by atoms with van der Waals surface area (Å²) in [5, 5.41) is 2.92.